The molecular weight excluding hydrogens is 416 g/mol. The Bertz CT molecular complexity index is 767. The summed E-state index contributed by atoms with van der Waals surface area (Å²) in [6.45, 7) is 1.01. The first-order chi connectivity index (χ1) is 10.5. The maximum Gasteiger partial charge on any atom is 0.189 e. The fourth-order valence-electron chi connectivity index (χ4n) is 2.89. The van der Waals surface area contributed by atoms with Crippen LogP contribution in [-0.2, 0) is 14.6 Å². The van der Waals surface area contributed by atoms with E-state index in [9.17, 15) is 12.8 Å². The summed E-state index contributed by atoms with van der Waals surface area (Å²) in [5, 5.41) is 3.16. The second-order valence-electron chi connectivity index (χ2n) is 5.39. The van der Waals surface area contributed by atoms with Gasteiger partial charge in [-0.15, -0.1) is 0 Å². The number of benzene rings is 2. The van der Waals surface area contributed by atoms with E-state index in [1.54, 1.807) is 0 Å². The standard InChI is InChI=1S/C16H15FINO2S/c17-13-3-7-15(8-4-13)22(20,21)16(9-10-19-11-16)12-1-5-14(18)6-2-12/h1-8,19H,9-11H2/t16-/m0/s1. The molecule has 0 aromatic heterocycles. The highest BCUT2D eigenvalue weighted by atomic mass is 127. The minimum absolute atomic E-state index is 0.163. The lowest BCUT2D eigenvalue weighted by Crippen LogP contribution is -2.38. The van der Waals surface area contributed by atoms with Crippen LogP contribution in [0.2, 0.25) is 0 Å². The second-order valence-corrected chi connectivity index (χ2v) is 8.89. The van der Waals surface area contributed by atoms with Gasteiger partial charge in [-0.3, -0.25) is 0 Å². The summed E-state index contributed by atoms with van der Waals surface area (Å²) >= 11 is 2.19. The number of hydrogen-bond acceptors (Lipinski definition) is 3. The molecule has 0 unspecified atom stereocenters. The van der Waals surface area contributed by atoms with Crippen LogP contribution >= 0.6 is 22.6 Å². The smallest absolute Gasteiger partial charge is 0.189 e. The zero-order valence-corrected chi connectivity index (χ0v) is 14.7. The average molecular weight is 431 g/mol. The van der Waals surface area contributed by atoms with Crippen molar-refractivity contribution in [2.45, 2.75) is 16.1 Å². The Labute approximate surface area is 143 Å². The highest BCUT2D eigenvalue weighted by molar-refractivity contribution is 14.1. The monoisotopic (exact) mass is 431 g/mol. The number of rotatable bonds is 3. The molecule has 6 heteroatoms. The maximum absolute atomic E-state index is 13.2. The molecule has 0 saturated carbocycles. The molecule has 116 valence electrons. The third kappa shape index (κ3) is 2.57. The van der Waals surface area contributed by atoms with Gasteiger partial charge in [0.1, 0.15) is 10.6 Å². The summed E-state index contributed by atoms with van der Waals surface area (Å²) in [4.78, 5) is 0.163. The van der Waals surface area contributed by atoms with Crippen molar-refractivity contribution in [3.63, 3.8) is 0 Å². The Morgan fingerprint density at radius 3 is 2.23 bits per heavy atom. The van der Waals surface area contributed by atoms with E-state index in [4.69, 9.17) is 0 Å². The molecule has 2 aromatic rings. The van der Waals surface area contributed by atoms with Gasteiger partial charge in [0, 0.05) is 10.1 Å². The summed E-state index contributed by atoms with van der Waals surface area (Å²) in [5.74, 6) is -0.438. The van der Waals surface area contributed by atoms with Crippen LogP contribution < -0.4 is 5.32 Å². The summed E-state index contributed by atoms with van der Waals surface area (Å²) in [6, 6.07) is 12.6. The topological polar surface area (TPSA) is 46.2 Å². The van der Waals surface area contributed by atoms with Crippen LogP contribution in [0.3, 0.4) is 0 Å². The molecule has 1 saturated heterocycles. The van der Waals surface area contributed by atoms with Gasteiger partial charge in [-0.2, -0.15) is 0 Å². The van der Waals surface area contributed by atoms with Gasteiger partial charge in [0.2, 0.25) is 0 Å². The predicted octanol–water partition coefficient (Wildman–Crippen LogP) is 3.09. The maximum atomic E-state index is 13.2. The zero-order valence-electron chi connectivity index (χ0n) is 11.7. The molecule has 1 fully saturated rings. The summed E-state index contributed by atoms with van der Waals surface area (Å²) < 4.78 is 39.6. The van der Waals surface area contributed by atoms with Gasteiger partial charge in [0.25, 0.3) is 0 Å². The molecule has 1 N–H and O–H groups in total. The quantitative estimate of drug-likeness (QED) is 0.601. The van der Waals surface area contributed by atoms with E-state index in [2.05, 4.69) is 27.9 Å². The van der Waals surface area contributed by atoms with Gasteiger partial charge in [-0.05, 0) is 77.5 Å². The molecule has 1 aliphatic heterocycles. The van der Waals surface area contributed by atoms with Crippen molar-refractivity contribution in [1.29, 1.82) is 0 Å². The van der Waals surface area contributed by atoms with Gasteiger partial charge in [0.05, 0.1) is 4.90 Å². The average Bonchev–Trinajstić information content (AvgIpc) is 3.00. The van der Waals surface area contributed by atoms with Crippen molar-refractivity contribution in [1.82, 2.24) is 5.32 Å². The molecular formula is C16H15FINO2S. The molecule has 0 bridgehead atoms. The minimum Gasteiger partial charge on any atom is -0.315 e. The number of halogens is 2. The molecule has 0 spiro atoms. The van der Waals surface area contributed by atoms with Gasteiger partial charge in [-0.25, -0.2) is 12.8 Å². The summed E-state index contributed by atoms with van der Waals surface area (Å²) in [5.41, 5.74) is 0.780. The fraction of sp³-hybridized carbons (Fsp3) is 0.250. The lowest BCUT2D eigenvalue weighted by molar-refractivity contribution is 0.536. The van der Waals surface area contributed by atoms with Crippen molar-refractivity contribution in [3.05, 3.63) is 63.5 Å². The lowest BCUT2D eigenvalue weighted by atomic mass is 9.97. The Morgan fingerprint density at radius 1 is 1.05 bits per heavy atom. The van der Waals surface area contributed by atoms with E-state index in [1.807, 2.05) is 24.3 Å². The Kier molecular flexibility index (Phi) is 4.26. The first-order valence-corrected chi connectivity index (χ1v) is 9.49. The third-order valence-electron chi connectivity index (χ3n) is 4.12. The predicted molar refractivity (Wildman–Crippen MR) is 91.9 cm³/mol. The molecule has 3 nitrogen and oxygen atoms in total. The molecule has 2 aromatic carbocycles. The first kappa shape index (κ1) is 15.9. The van der Waals surface area contributed by atoms with E-state index < -0.39 is 20.4 Å². The van der Waals surface area contributed by atoms with Crippen molar-refractivity contribution < 1.29 is 12.8 Å². The molecule has 0 radical (unpaired) electrons. The van der Waals surface area contributed by atoms with Gasteiger partial charge in [-0.1, -0.05) is 12.1 Å². The third-order valence-corrected chi connectivity index (χ3v) is 7.35. The van der Waals surface area contributed by atoms with Crippen molar-refractivity contribution in [2.24, 2.45) is 0 Å². The Hall–Kier alpha value is -0.990. The highest BCUT2D eigenvalue weighted by Gasteiger charge is 2.48. The lowest BCUT2D eigenvalue weighted by Gasteiger charge is -2.29. The highest BCUT2D eigenvalue weighted by Crippen LogP contribution is 2.40. The van der Waals surface area contributed by atoms with Crippen LogP contribution in [0.15, 0.2) is 53.4 Å². The van der Waals surface area contributed by atoms with E-state index in [0.717, 1.165) is 9.13 Å². The molecule has 22 heavy (non-hydrogen) atoms. The molecule has 1 aliphatic rings. The minimum atomic E-state index is -3.61. The van der Waals surface area contributed by atoms with Gasteiger partial charge >= 0.3 is 0 Å². The van der Waals surface area contributed by atoms with Crippen LogP contribution in [0, 0.1) is 9.39 Å². The molecule has 1 heterocycles. The van der Waals surface area contributed by atoms with Crippen molar-refractivity contribution >= 4 is 32.4 Å². The van der Waals surface area contributed by atoms with Crippen LogP contribution in [0.4, 0.5) is 4.39 Å². The normalized spacial score (nSPS) is 21.9. The Morgan fingerprint density at radius 2 is 1.68 bits per heavy atom. The van der Waals surface area contributed by atoms with Crippen molar-refractivity contribution in [2.75, 3.05) is 13.1 Å². The van der Waals surface area contributed by atoms with Crippen LogP contribution in [0.5, 0.6) is 0 Å². The number of sulfone groups is 1. The fourth-order valence-corrected chi connectivity index (χ4v) is 5.31. The first-order valence-electron chi connectivity index (χ1n) is 6.93. The second kappa shape index (κ2) is 5.90. The van der Waals surface area contributed by atoms with E-state index in [0.29, 0.717) is 19.5 Å². The van der Waals surface area contributed by atoms with Gasteiger partial charge in [0.15, 0.2) is 9.84 Å². The molecule has 0 aliphatic carbocycles. The van der Waals surface area contributed by atoms with Crippen LogP contribution in [0.1, 0.15) is 12.0 Å². The number of nitrogens with one attached hydrogen (secondary N) is 1. The van der Waals surface area contributed by atoms with Crippen LogP contribution in [-0.4, -0.2) is 21.5 Å². The van der Waals surface area contributed by atoms with Crippen LogP contribution in [0.25, 0.3) is 0 Å². The molecule has 0 amide bonds. The van der Waals surface area contributed by atoms with E-state index in [1.165, 1.54) is 24.3 Å². The van der Waals surface area contributed by atoms with E-state index in [-0.39, 0.29) is 4.90 Å². The largest absolute Gasteiger partial charge is 0.315 e. The molecule has 1 atom stereocenters. The summed E-state index contributed by atoms with van der Waals surface area (Å²) in [7, 11) is -3.61. The van der Waals surface area contributed by atoms with Gasteiger partial charge < -0.3 is 5.32 Å². The SMILES string of the molecule is O=S(=O)(c1ccc(F)cc1)[C@@]1(c2ccc(I)cc2)CCNC1. The zero-order chi connectivity index (χ0) is 15.8. The van der Waals surface area contributed by atoms with Crippen molar-refractivity contribution in [3.8, 4) is 0 Å². The Balaban J connectivity index is 2.14. The molecule has 3 rings (SSSR count). The van der Waals surface area contributed by atoms with E-state index >= 15 is 0 Å². The number of hydrogen-bond donors (Lipinski definition) is 1. The summed E-state index contributed by atoms with van der Waals surface area (Å²) in [6.07, 6.45) is 0.507.